The van der Waals surface area contributed by atoms with Gasteiger partial charge in [0.1, 0.15) is 5.54 Å². The van der Waals surface area contributed by atoms with Gasteiger partial charge in [-0.3, -0.25) is 4.79 Å². The molecule has 0 bridgehead atoms. The standard InChI is InChI=1S/C15H22N2OS.ClH/c1-14(9-6-10-19-14)11-17-13(18)15(2,16)12-7-4-3-5-8-12;/h3-5,7-8H,6,9-11,16H2,1-2H3,(H,17,18);1H. The first kappa shape index (κ1) is 17.3. The number of nitrogens with two attached hydrogens (primary N) is 1. The summed E-state index contributed by atoms with van der Waals surface area (Å²) in [5.41, 5.74) is 6.06. The van der Waals surface area contributed by atoms with Crippen molar-refractivity contribution in [2.45, 2.75) is 37.0 Å². The number of amides is 1. The summed E-state index contributed by atoms with van der Waals surface area (Å²) in [4.78, 5) is 12.3. The molecule has 3 nitrogen and oxygen atoms in total. The van der Waals surface area contributed by atoms with Gasteiger partial charge in [0.15, 0.2) is 0 Å². The van der Waals surface area contributed by atoms with E-state index in [2.05, 4.69) is 12.2 Å². The molecule has 1 aliphatic rings. The number of carbonyl (C=O) groups is 1. The average Bonchev–Trinajstić information content (AvgIpc) is 2.84. The lowest BCUT2D eigenvalue weighted by atomic mass is 9.92. The lowest BCUT2D eigenvalue weighted by Crippen LogP contribution is -2.51. The van der Waals surface area contributed by atoms with Crippen LogP contribution in [0.3, 0.4) is 0 Å². The highest BCUT2D eigenvalue weighted by atomic mass is 35.5. The normalized spacial score (nSPS) is 24.6. The first-order valence-electron chi connectivity index (χ1n) is 6.71. The minimum Gasteiger partial charge on any atom is -0.353 e. The van der Waals surface area contributed by atoms with Crippen LogP contribution < -0.4 is 11.1 Å². The van der Waals surface area contributed by atoms with Crippen LogP contribution in [0.5, 0.6) is 0 Å². The topological polar surface area (TPSA) is 55.1 Å². The van der Waals surface area contributed by atoms with Crippen LogP contribution in [-0.2, 0) is 10.3 Å². The fraction of sp³-hybridized carbons (Fsp3) is 0.533. The van der Waals surface area contributed by atoms with Gasteiger partial charge in [-0.05, 0) is 38.0 Å². The molecule has 1 aromatic rings. The second-order valence-electron chi connectivity index (χ2n) is 5.65. The molecule has 0 aliphatic carbocycles. The van der Waals surface area contributed by atoms with Crippen LogP contribution in [0.4, 0.5) is 0 Å². The third-order valence-electron chi connectivity index (χ3n) is 3.77. The highest BCUT2D eigenvalue weighted by Gasteiger charge is 2.34. The van der Waals surface area contributed by atoms with Gasteiger partial charge in [0.2, 0.25) is 5.91 Å². The maximum absolute atomic E-state index is 12.3. The monoisotopic (exact) mass is 314 g/mol. The molecule has 5 heteroatoms. The van der Waals surface area contributed by atoms with E-state index in [1.165, 1.54) is 12.2 Å². The highest BCUT2D eigenvalue weighted by molar-refractivity contribution is 8.00. The molecular weight excluding hydrogens is 292 g/mol. The van der Waals surface area contributed by atoms with Crippen molar-refractivity contribution < 1.29 is 4.79 Å². The van der Waals surface area contributed by atoms with Gasteiger partial charge in [0.05, 0.1) is 0 Å². The largest absolute Gasteiger partial charge is 0.353 e. The van der Waals surface area contributed by atoms with Crippen LogP contribution >= 0.6 is 24.2 Å². The van der Waals surface area contributed by atoms with Crippen LogP contribution in [0.15, 0.2) is 30.3 Å². The van der Waals surface area contributed by atoms with E-state index in [1.54, 1.807) is 6.92 Å². The van der Waals surface area contributed by atoms with Crippen molar-refractivity contribution in [1.29, 1.82) is 0 Å². The lowest BCUT2D eigenvalue weighted by Gasteiger charge is -2.28. The Bertz CT molecular complexity index is 444. The fourth-order valence-electron chi connectivity index (χ4n) is 2.34. The Morgan fingerprint density at radius 2 is 2.10 bits per heavy atom. The van der Waals surface area contributed by atoms with Gasteiger partial charge < -0.3 is 11.1 Å². The number of rotatable bonds is 4. The minimum absolute atomic E-state index is 0. The van der Waals surface area contributed by atoms with Gasteiger partial charge in [0, 0.05) is 11.3 Å². The number of halogens is 1. The lowest BCUT2D eigenvalue weighted by molar-refractivity contribution is -0.126. The van der Waals surface area contributed by atoms with E-state index in [9.17, 15) is 4.79 Å². The SMILES string of the molecule is CC1(CNC(=O)C(C)(N)c2ccccc2)CCCS1.Cl. The van der Waals surface area contributed by atoms with Crippen LogP contribution in [0.1, 0.15) is 32.3 Å². The molecular formula is C15H23ClN2OS. The molecule has 1 aliphatic heterocycles. The zero-order chi connectivity index (χ0) is 13.9. The third-order valence-corrected chi connectivity index (χ3v) is 5.31. The molecule has 1 saturated heterocycles. The van der Waals surface area contributed by atoms with Crippen molar-refractivity contribution >= 4 is 30.1 Å². The van der Waals surface area contributed by atoms with Crippen LogP contribution in [-0.4, -0.2) is 23.0 Å². The van der Waals surface area contributed by atoms with Gasteiger partial charge >= 0.3 is 0 Å². The summed E-state index contributed by atoms with van der Waals surface area (Å²) in [6, 6.07) is 9.52. The number of thioether (sulfide) groups is 1. The van der Waals surface area contributed by atoms with Crippen LogP contribution in [0.2, 0.25) is 0 Å². The van der Waals surface area contributed by atoms with Crippen LogP contribution in [0, 0.1) is 0 Å². The number of hydrogen-bond acceptors (Lipinski definition) is 3. The predicted molar refractivity (Wildman–Crippen MR) is 88.3 cm³/mol. The maximum atomic E-state index is 12.3. The van der Waals surface area contributed by atoms with Gasteiger partial charge in [0.25, 0.3) is 0 Å². The third kappa shape index (κ3) is 3.90. The molecule has 0 spiro atoms. The maximum Gasteiger partial charge on any atom is 0.244 e. The number of carbonyl (C=O) groups excluding carboxylic acids is 1. The van der Waals surface area contributed by atoms with E-state index in [1.807, 2.05) is 42.1 Å². The Morgan fingerprint density at radius 1 is 1.45 bits per heavy atom. The quantitative estimate of drug-likeness (QED) is 0.898. The average molecular weight is 315 g/mol. The molecule has 1 amide bonds. The Morgan fingerprint density at radius 3 is 2.65 bits per heavy atom. The summed E-state index contributed by atoms with van der Waals surface area (Å²) < 4.78 is 0.169. The van der Waals surface area contributed by atoms with Gasteiger partial charge in [-0.2, -0.15) is 11.8 Å². The summed E-state index contributed by atoms with van der Waals surface area (Å²) >= 11 is 1.94. The Balaban J connectivity index is 0.00000200. The van der Waals surface area contributed by atoms with E-state index in [0.29, 0.717) is 6.54 Å². The summed E-state index contributed by atoms with van der Waals surface area (Å²) in [6.07, 6.45) is 2.39. The van der Waals surface area contributed by atoms with E-state index in [-0.39, 0.29) is 23.1 Å². The second-order valence-corrected chi connectivity index (χ2v) is 7.34. The molecule has 1 heterocycles. The van der Waals surface area contributed by atoms with Crippen molar-refractivity contribution in [3.8, 4) is 0 Å². The van der Waals surface area contributed by atoms with Crippen molar-refractivity contribution in [3.05, 3.63) is 35.9 Å². The Labute approximate surface area is 131 Å². The van der Waals surface area contributed by atoms with Crippen LogP contribution in [0.25, 0.3) is 0 Å². The molecule has 0 saturated carbocycles. The molecule has 0 radical (unpaired) electrons. The van der Waals surface area contributed by atoms with Gasteiger partial charge in [-0.15, -0.1) is 12.4 Å². The highest BCUT2D eigenvalue weighted by Crippen LogP contribution is 2.37. The van der Waals surface area contributed by atoms with Crippen molar-refractivity contribution in [3.63, 3.8) is 0 Å². The Hall–Kier alpha value is -0.710. The summed E-state index contributed by atoms with van der Waals surface area (Å²) in [5.74, 6) is 1.08. The molecule has 1 aromatic carbocycles. The van der Waals surface area contributed by atoms with Gasteiger partial charge in [-0.25, -0.2) is 0 Å². The second kappa shape index (κ2) is 6.83. The number of benzene rings is 1. The number of nitrogens with one attached hydrogen (secondary N) is 1. The molecule has 0 aromatic heterocycles. The predicted octanol–water partition coefficient (Wildman–Crippen LogP) is 2.68. The molecule has 1 fully saturated rings. The molecule has 2 rings (SSSR count). The molecule has 112 valence electrons. The molecule has 2 unspecified atom stereocenters. The smallest absolute Gasteiger partial charge is 0.244 e. The zero-order valence-corrected chi connectivity index (χ0v) is 13.7. The van der Waals surface area contributed by atoms with Crippen molar-refractivity contribution in [1.82, 2.24) is 5.32 Å². The summed E-state index contributed by atoms with van der Waals surface area (Å²) in [7, 11) is 0. The van der Waals surface area contributed by atoms with Gasteiger partial charge in [-0.1, -0.05) is 30.3 Å². The Kier molecular flexibility index (Phi) is 5.92. The molecule has 20 heavy (non-hydrogen) atoms. The zero-order valence-electron chi connectivity index (χ0n) is 12.0. The van der Waals surface area contributed by atoms with Crippen molar-refractivity contribution in [2.24, 2.45) is 5.73 Å². The molecule has 3 N–H and O–H groups in total. The van der Waals surface area contributed by atoms with E-state index in [4.69, 9.17) is 5.73 Å². The summed E-state index contributed by atoms with van der Waals surface area (Å²) in [6.45, 7) is 4.67. The minimum atomic E-state index is -0.971. The fourth-order valence-corrected chi connectivity index (χ4v) is 3.59. The van der Waals surface area contributed by atoms with E-state index in [0.717, 1.165) is 12.0 Å². The van der Waals surface area contributed by atoms with E-state index < -0.39 is 5.54 Å². The first-order chi connectivity index (χ1) is 8.94. The summed E-state index contributed by atoms with van der Waals surface area (Å²) in [5, 5.41) is 3.02. The molecule has 2 atom stereocenters. The number of hydrogen-bond donors (Lipinski definition) is 2. The first-order valence-corrected chi connectivity index (χ1v) is 7.69. The van der Waals surface area contributed by atoms with E-state index >= 15 is 0 Å². The van der Waals surface area contributed by atoms with Crippen molar-refractivity contribution in [2.75, 3.05) is 12.3 Å².